The Morgan fingerprint density at radius 2 is 2.29 bits per heavy atom. The molecule has 0 bridgehead atoms. The number of piperidine rings is 1. The number of hydrogen-bond donors (Lipinski definition) is 2. The van der Waals surface area contributed by atoms with Gasteiger partial charge in [-0.25, -0.2) is 0 Å². The van der Waals surface area contributed by atoms with E-state index < -0.39 is 0 Å². The van der Waals surface area contributed by atoms with Crippen molar-refractivity contribution in [3.05, 3.63) is 35.4 Å². The van der Waals surface area contributed by atoms with Gasteiger partial charge in [0.1, 0.15) is 0 Å². The van der Waals surface area contributed by atoms with Gasteiger partial charge in [0.05, 0.1) is 0 Å². The molecule has 1 saturated heterocycles. The standard InChI is InChI=1S/C17H26N2O.ClH/c1-13-5-3-6-15(9-13)11-19-17(20)10-14(2)16-7-4-8-18-12-16;/h3,5-6,9,14,16,18H,4,7-8,10-12H2,1-2H3,(H,19,20);1H. The maximum absolute atomic E-state index is 12.0. The van der Waals surface area contributed by atoms with Crippen molar-refractivity contribution >= 4 is 18.3 Å². The maximum atomic E-state index is 12.0. The van der Waals surface area contributed by atoms with Crippen molar-refractivity contribution < 1.29 is 4.79 Å². The van der Waals surface area contributed by atoms with E-state index in [1.165, 1.54) is 24.0 Å². The van der Waals surface area contributed by atoms with Crippen LogP contribution in [0.3, 0.4) is 0 Å². The summed E-state index contributed by atoms with van der Waals surface area (Å²) < 4.78 is 0. The summed E-state index contributed by atoms with van der Waals surface area (Å²) in [5.74, 6) is 1.28. The number of hydrogen-bond acceptors (Lipinski definition) is 2. The first-order valence-electron chi connectivity index (χ1n) is 7.68. The Labute approximate surface area is 134 Å². The topological polar surface area (TPSA) is 41.1 Å². The number of carbonyl (C=O) groups is 1. The minimum Gasteiger partial charge on any atom is -0.352 e. The highest BCUT2D eigenvalue weighted by molar-refractivity contribution is 5.85. The van der Waals surface area contributed by atoms with Crippen LogP contribution in [0.4, 0.5) is 0 Å². The molecule has 1 aliphatic rings. The van der Waals surface area contributed by atoms with Gasteiger partial charge in [-0.2, -0.15) is 0 Å². The third-order valence-electron chi connectivity index (χ3n) is 4.22. The minimum atomic E-state index is 0. The summed E-state index contributed by atoms with van der Waals surface area (Å²) in [6.45, 7) is 7.10. The lowest BCUT2D eigenvalue weighted by atomic mass is 9.85. The van der Waals surface area contributed by atoms with E-state index >= 15 is 0 Å². The second-order valence-corrected chi connectivity index (χ2v) is 6.05. The summed E-state index contributed by atoms with van der Waals surface area (Å²) in [6, 6.07) is 8.28. The molecule has 0 aliphatic carbocycles. The molecule has 1 aromatic carbocycles. The number of rotatable bonds is 5. The van der Waals surface area contributed by atoms with E-state index in [0.717, 1.165) is 13.1 Å². The highest BCUT2D eigenvalue weighted by Gasteiger charge is 2.21. The third kappa shape index (κ3) is 6.06. The van der Waals surface area contributed by atoms with Crippen LogP contribution in [0.25, 0.3) is 0 Å². The summed E-state index contributed by atoms with van der Waals surface area (Å²) in [4.78, 5) is 12.0. The zero-order valence-electron chi connectivity index (χ0n) is 13.0. The Morgan fingerprint density at radius 1 is 1.48 bits per heavy atom. The predicted molar refractivity (Wildman–Crippen MR) is 89.6 cm³/mol. The van der Waals surface area contributed by atoms with Crippen molar-refractivity contribution in [2.45, 2.75) is 39.7 Å². The SMILES string of the molecule is Cc1cccc(CNC(=O)CC(C)C2CCCNC2)c1.Cl. The van der Waals surface area contributed by atoms with Gasteiger partial charge in [0.2, 0.25) is 5.91 Å². The molecule has 2 rings (SSSR count). The van der Waals surface area contributed by atoms with Crippen molar-refractivity contribution in [3.63, 3.8) is 0 Å². The summed E-state index contributed by atoms with van der Waals surface area (Å²) in [7, 11) is 0. The molecule has 1 heterocycles. The lowest BCUT2D eigenvalue weighted by molar-refractivity contribution is -0.122. The van der Waals surface area contributed by atoms with Gasteiger partial charge < -0.3 is 10.6 Å². The number of benzene rings is 1. The Morgan fingerprint density at radius 3 is 2.95 bits per heavy atom. The molecule has 21 heavy (non-hydrogen) atoms. The second kappa shape index (κ2) is 9.06. The first-order valence-corrected chi connectivity index (χ1v) is 7.68. The summed E-state index contributed by atoms with van der Waals surface area (Å²) in [5.41, 5.74) is 2.41. The van der Waals surface area contributed by atoms with Gasteiger partial charge in [-0.15, -0.1) is 12.4 Å². The Bertz CT molecular complexity index is 444. The van der Waals surface area contributed by atoms with Crippen molar-refractivity contribution in [2.75, 3.05) is 13.1 Å². The minimum absolute atomic E-state index is 0. The largest absolute Gasteiger partial charge is 0.352 e. The molecule has 1 fully saturated rings. The van der Waals surface area contributed by atoms with Gasteiger partial charge in [-0.3, -0.25) is 4.79 Å². The van der Waals surface area contributed by atoms with Crippen LogP contribution >= 0.6 is 12.4 Å². The van der Waals surface area contributed by atoms with Gasteiger partial charge in [-0.1, -0.05) is 36.8 Å². The average molecular weight is 311 g/mol. The quantitative estimate of drug-likeness (QED) is 0.877. The molecular formula is C17H27ClN2O. The molecule has 1 aliphatic heterocycles. The maximum Gasteiger partial charge on any atom is 0.220 e. The monoisotopic (exact) mass is 310 g/mol. The van der Waals surface area contributed by atoms with Crippen LogP contribution in [0.2, 0.25) is 0 Å². The van der Waals surface area contributed by atoms with Gasteiger partial charge in [-0.05, 0) is 50.3 Å². The van der Waals surface area contributed by atoms with Gasteiger partial charge >= 0.3 is 0 Å². The highest BCUT2D eigenvalue weighted by atomic mass is 35.5. The number of nitrogens with one attached hydrogen (secondary N) is 2. The Hall–Kier alpha value is -1.06. The van der Waals surface area contributed by atoms with Gasteiger partial charge in [0.25, 0.3) is 0 Å². The van der Waals surface area contributed by atoms with Crippen LogP contribution in [-0.4, -0.2) is 19.0 Å². The first-order chi connectivity index (χ1) is 9.65. The molecule has 0 aromatic heterocycles. The van der Waals surface area contributed by atoms with Gasteiger partial charge in [0, 0.05) is 13.0 Å². The van der Waals surface area contributed by atoms with Gasteiger partial charge in [0.15, 0.2) is 0 Å². The van der Waals surface area contributed by atoms with E-state index in [0.29, 0.717) is 24.8 Å². The normalized spacial score (nSPS) is 19.4. The lowest BCUT2D eigenvalue weighted by Crippen LogP contribution is -2.35. The van der Waals surface area contributed by atoms with Crippen molar-refractivity contribution in [2.24, 2.45) is 11.8 Å². The van der Waals surface area contributed by atoms with Crippen molar-refractivity contribution in [3.8, 4) is 0 Å². The second-order valence-electron chi connectivity index (χ2n) is 6.05. The highest BCUT2D eigenvalue weighted by Crippen LogP contribution is 2.22. The average Bonchev–Trinajstić information content (AvgIpc) is 2.46. The molecule has 2 atom stereocenters. The molecule has 1 amide bonds. The fourth-order valence-corrected chi connectivity index (χ4v) is 2.92. The van der Waals surface area contributed by atoms with Crippen LogP contribution in [0, 0.1) is 18.8 Å². The molecule has 4 heteroatoms. The van der Waals surface area contributed by atoms with E-state index in [9.17, 15) is 4.79 Å². The molecule has 118 valence electrons. The summed E-state index contributed by atoms with van der Waals surface area (Å²) in [6.07, 6.45) is 3.12. The van der Waals surface area contributed by atoms with Crippen molar-refractivity contribution in [1.82, 2.24) is 10.6 Å². The van der Waals surface area contributed by atoms with E-state index in [4.69, 9.17) is 0 Å². The molecular weight excluding hydrogens is 284 g/mol. The smallest absolute Gasteiger partial charge is 0.220 e. The number of amides is 1. The first kappa shape index (κ1) is 18.0. The molecule has 1 aromatic rings. The molecule has 0 radical (unpaired) electrons. The molecule has 3 nitrogen and oxygen atoms in total. The van der Waals surface area contributed by atoms with Crippen LogP contribution in [0.5, 0.6) is 0 Å². The van der Waals surface area contributed by atoms with E-state index in [2.05, 4.69) is 42.7 Å². The van der Waals surface area contributed by atoms with Crippen LogP contribution in [-0.2, 0) is 11.3 Å². The fourth-order valence-electron chi connectivity index (χ4n) is 2.92. The lowest BCUT2D eigenvalue weighted by Gasteiger charge is -2.28. The van der Waals surface area contributed by atoms with Crippen LogP contribution in [0.1, 0.15) is 37.3 Å². The van der Waals surface area contributed by atoms with Crippen molar-refractivity contribution in [1.29, 1.82) is 0 Å². The number of halogens is 1. The summed E-state index contributed by atoms with van der Waals surface area (Å²) in [5, 5.41) is 6.46. The van der Waals surface area contributed by atoms with Crippen LogP contribution in [0.15, 0.2) is 24.3 Å². The Kier molecular flexibility index (Phi) is 7.76. The zero-order chi connectivity index (χ0) is 14.4. The van der Waals surface area contributed by atoms with E-state index in [-0.39, 0.29) is 18.3 Å². The van der Waals surface area contributed by atoms with Crippen LogP contribution < -0.4 is 10.6 Å². The Balaban J connectivity index is 0.00000220. The molecule has 0 saturated carbocycles. The fraction of sp³-hybridized carbons (Fsp3) is 0.588. The predicted octanol–water partition coefficient (Wildman–Crippen LogP) is 3.06. The number of carbonyl (C=O) groups excluding carboxylic acids is 1. The van der Waals surface area contributed by atoms with E-state index in [1.807, 2.05) is 6.07 Å². The summed E-state index contributed by atoms with van der Waals surface area (Å²) >= 11 is 0. The number of aryl methyl sites for hydroxylation is 1. The molecule has 0 spiro atoms. The third-order valence-corrected chi connectivity index (χ3v) is 4.22. The molecule has 2 N–H and O–H groups in total. The molecule has 2 unspecified atom stereocenters. The van der Waals surface area contributed by atoms with E-state index in [1.54, 1.807) is 0 Å². The zero-order valence-corrected chi connectivity index (χ0v) is 13.8.